The van der Waals surface area contributed by atoms with E-state index in [0.717, 1.165) is 38.0 Å². The van der Waals surface area contributed by atoms with Gasteiger partial charge in [0.25, 0.3) is 0 Å². The van der Waals surface area contributed by atoms with Gasteiger partial charge in [0.2, 0.25) is 0 Å². The predicted octanol–water partition coefficient (Wildman–Crippen LogP) is 3.32. The average molecular weight is 499 g/mol. The van der Waals surface area contributed by atoms with Gasteiger partial charge in [0.15, 0.2) is 0 Å². The highest BCUT2D eigenvalue weighted by Crippen LogP contribution is 2.24. The molecule has 0 radical (unpaired) electrons. The van der Waals surface area contributed by atoms with Crippen LogP contribution in [0, 0.1) is 5.92 Å². The largest absolute Gasteiger partial charge is 0.453 e. The summed E-state index contributed by atoms with van der Waals surface area (Å²) in [6.45, 7) is 3.08. The first-order valence-electron chi connectivity index (χ1n) is 11.9. The minimum Gasteiger partial charge on any atom is -0.453 e. The van der Waals surface area contributed by atoms with Crippen molar-refractivity contribution in [3.63, 3.8) is 0 Å². The topological polar surface area (TPSA) is 115 Å². The number of halogens is 1. The number of carbonyl (C=O) groups excluding carboxylic acids is 2. The molecule has 1 fully saturated rings. The average Bonchev–Trinajstić information content (AvgIpc) is 3.10. The minimum absolute atomic E-state index is 0.103. The Kier molecular flexibility index (Phi) is 13.1. The molecule has 9 nitrogen and oxygen atoms in total. The van der Waals surface area contributed by atoms with Gasteiger partial charge in [-0.05, 0) is 49.3 Å². The smallest absolute Gasteiger partial charge is 0.406 e. The molecule has 2 rings (SSSR count). The fraction of sp³-hybridized carbons (Fsp3) is 0.667. The molecule has 0 aromatic heterocycles. The van der Waals surface area contributed by atoms with E-state index < -0.39 is 6.09 Å². The number of amides is 3. The van der Waals surface area contributed by atoms with E-state index in [4.69, 9.17) is 26.8 Å². The summed E-state index contributed by atoms with van der Waals surface area (Å²) in [5, 5.41) is 6.13. The van der Waals surface area contributed by atoms with Gasteiger partial charge < -0.3 is 35.5 Å². The van der Waals surface area contributed by atoms with Gasteiger partial charge in [-0.25, -0.2) is 9.59 Å². The lowest BCUT2D eigenvalue weighted by molar-refractivity contribution is 0.0439. The number of alkyl carbamates (subject to hydrolysis) is 1. The van der Waals surface area contributed by atoms with Crippen LogP contribution in [0.5, 0.6) is 0 Å². The number of methoxy groups -OCH3 is 1. The fourth-order valence-corrected chi connectivity index (χ4v) is 4.11. The molecule has 0 bridgehead atoms. The van der Waals surface area contributed by atoms with Gasteiger partial charge in [-0.3, -0.25) is 0 Å². The van der Waals surface area contributed by atoms with Crippen LogP contribution in [-0.2, 0) is 14.2 Å². The van der Waals surface area contributed by atoms with Crippen LogP contribution in [0.25, 0.3) is 0 Å². The van der Waals surface area contributed by atoms with Gasteiger partial charge >= 0.3 is 12.1 Å². The standard InChI is InChI=1S/C24H39ClN4O5/c1-29(23(30)28-16-21(26)14-18-6-3-4-12-33-17-18)11-9-22(19-7-5-8-20(25)15-19)34-13-10-27-24(31)32-2/h5,7-8,15,18,21-22H,3-4,6,9-14,16-17,26H2,1-2H3,(H,27,31)(H,28,30)/t18-,21-,22-/m1/s1. The lowest BCUT2D eigenvalue weighted by Gasteiger charge is -2.24. The number of ether oxygens (including phenoxy) is 3. The van der Waals surface area contributed by atoms with Crippen molar-refractivity contribution in [2.75, 3.05) is 53.6 Å². The molecule has 1 aromatic rings. The molecule has 1 aliphatic rings. The summed E-state index contributed by atoms with van der Waals surface area (Å²) in [5.41, 5.74) is 7.16. The molecule has 0 unspecified atom stereocenters. The summed E-state index contributed by atoms with van der Waals surface area (Å²) in [4.78, 5) is 25.4. The Morgan fingerprint density at radius 3 is 2.91 bits per heavy atom. The van der Waals surface area contributed by atoms with Crippen molar-refractivity contribution < 1.29 is 23.8 Å². The normalized spacial score (nSPS) is 17.8. The van der Waals surface area contributed by atoms with Gasteiger partial charge in [0.1, 0.15) is 0 Å². The Bertz CT molecular complexity index is 746. The number of hydrogen-bond donors (Lipinski definition) is 3. The molecule has 192 valence electrons. The molecule has 0 aliphatic carbocycles. The molecule has 10 heteroatoms. The molecule has 34 heavy (non-hydrogen) atoms. The van der Waals surface area contributed by atoms with Crippen LogP contribution in [0.15, 0.2) is 24.3 Å². The maximum absolute atomic E-state index is 12.6. The molecular weight excluding hydrogens is 460 g/mol. The number of rotatable bonds is 12. The van der Waals surface area contributed by atoms with E-state index in [2.05, 4.69) is 15.4 Å². The lowest BCUT2D eigenvalue weighted by Crippen LogP contribution is -2.44. The number of nitrogens with two attached hydrogens (primary N) is 1. The predicted molar refractivity (Wildman–Crippen MR) is 132 cm³/mol. The van der Waals surface area contributed by atoms with E-state index in [-0.39, 0.29) is 18.2 Å². The summed E-state index contributed by atoms with van der Waals surface area (Å²) in [5.74, 6) is 0.455. The molecule has 3 amide bonds. The van der Waals surface area contributed by atoms with E-state index in [1.165, 1.54) is 13.5 Å². The van der Waals surface area contributed by atoms with Crippen molar-refractivity contribution in [3.05, 3.63) is 34.9 Å². The Morgan fingerprint density at radius 2 is 2.15 bits per heavy atom. The highest BCUT2D eigenvalue weighted by atomic mass is 35.5. The second-order valence-electron chi connectivity index (χ2n) is 8.66. The van der Waals surface area contributed by atoms with Gasteiger partial charge in [-0.1, -0.05) is 30.2 Å². The summed E-state index contributed by atoms with van der Waals surface area (Å²) in [6.07, 6.45) is 4.01. The Labute approximate surface area is 207 Å². The van der Waals surface area contributed by atoms with Crippen LogP contribution >= 0.6 is 11.6 Å². The first-order valence-corrected chi connectivity index (χ1v) is 12.3. The van der Waals surface area contributed by atoms with Crippen molar-refractivity contribution in [3.8, 4) is 0 Å². The Hall–Kier alpha value is -2.07. The Balaban J connectivity index is 1.79. The Morgan fingerprint density at radius 1 is 1.32 bits per heavy atom. The molecule has 4 N–H and O–H groups in total. The monoisotopic (exact) mass is 498 g/mol. The van der Waals surface area contributed by atoms with Gasteiger partial charge in [0, 0.05) is 51.0 Å². The van der Waals surface area contributed by atoms with Gasteiger partial charge in [-0.2, -0.15) is 0 Å². The SMILES string of the molecule is COC(=O)NCCO[C@H](CCN(C)C(=O)NC[C@H](N)C[C@H]1CCCCOC1)c1cccc(Cl)c1. The van der Waals surface area contributed by atoms with Crippen LogP contribution in [0.3, 0.4) is 0 Å². The van der Waals surface area contributed by atoms with Crippen LogP contribution in [-0.4, -0.2) is 76.7 Å². The molecule has 0 spiro atoms. The summed E-state index contributed by atoms with van der Waals surface area (Å²) < 4.78 is 16.2. The third-order valence-electron chi connectivity index (χ3n) is 5.83. The molecule has 0 saturated carbocycles. The number of nitrogens with zero attached hydrogens (tertiary/aromatic N) is 1. The molecule has 1 aliphatic heterocycles. The van der Waals surface area contributed by atoms with Gasteiger partial charge in [-0.15, -0.1) is 0 Å². The van der Waals surface area contributed by atoms with E-state index >= 15 is 0 Å². The van der Waals surface area contributed by atoms with Crippen molar-refractivity contribution in [2.45, 2.75) is 44.2 Å². The van der Waals surface area contributed by atoms with Crippen molar-refractivity contribution in [2.24, 2.45) is 11.7 Å². The van der Waals surface area contributed by atoms with Crippen LogP contribution in [0.2, 0.25) is 5.02 Å². The van der Waals surface area contributed by atoms with Crippen molar-refractivity contribution in [1.82, 2.24) is 15.5 Å². The molecule has 3 atom stereocenters. The highest BCUT2D eigenvalue weighted by Gasteiger charge is 2.19. The third kappa shape index (κ3) is 10.9. The number of benzene rings is 1. The highest BCUT2D eigenvalue weighted by molar-refractivity contribution is 6.30. The minimum atomic E-state index is -0.510. The summed E-state index contributed by atoms with van der Waals surface area (Å²) >= 11 is 6.15. The van der Waals surface area contributed by atoms with E-state index in [9.17, 15) is 9.59 Å². The van der Waals surface area contributed by atoms with Crippen LogP contribution in [0.4, 0.5) is 9.59 Å². The quantitative estimate of drug-likeness (QED) is 0.381. The maximum atomic E-state index is 12.6. The molecular formula is C24H39ClN4O5. The van der Waals surface area contributed by atoms with Crippen molar-refractivity contribution >= 4 is 23.7 Å². The molecule has 1 heterocycles. The fourth-order valence-electron chi connectivity index (χ4n) is 3.91. The summed E-state index contributed by atoms with van der Waals surface area (Å²) in [6, 6.07) is 7.15. The summed E-state index contributed by atoms with van der Waals surface area (Å²) in [7, 11) is 3.05. The first kappa shape index (κ1) is 28.2. The number of hydrogen-bond acceptors (Lipinski definition) is 6. The third-order valence-corrected chi connectivity index (χ3v) is 6.06. The van der Waals surface area contributed by atoms with Crippen molar-refractivity contribution in [1.29, 1.82) is 0 Å². The number of carbonyl (C=O) groups is 2. The maximum Gasteiger partial charge on any atom is 0.406 e. The zero-order valence-electron chi connectivity index (χ0n) is 20.3. The number of nitrogens with one attached hydrogen (secondary N) is 2. The number of urea groups is 1. The molecule has 1 aromatic carbocycles. The van der Waals surface area contributed by atoms with Crippen LogP contribution < -0.4 is 16.4 Å². The molecule has 1 saturated heterocycles. The van der Waals surface area contributed by atoms with E-state index in [1.54, 1.807) is 18.0 Å². The van der Waals surface area contributed by atoms with E-state index in [1.807, 2.05) is 18.2 Å². The zero-order valence-corrected chi connectivity index (χ0v) is 21.0. The lowest BCUT2D eigenvalue weighted by atomic mass is 9.96. The zero-order chi connectivity index (χ0) is 24.8. The van der Waals surface area contributed by atoms with E-state index in [0.29, 0.717) is 43.6 Å². The second-order valence-corrected chi connectivity index (χ2v) is 9.10. The second kappa shape index (κ2) is 15.8. The van der Waals surface area contributed by atoms with Crippen LogP contribution in [0.1, 0.15) is 43.8 Å². The first-order chi connectivity index (χ1) is 16.4. The van der Waals surface area contributed by atoms with Gasteiger partial charge in [0.05, 0.1) is 19.8 Å².